The summed E-state index contributed by atoms with van der Waals surface area (Å²) in [7, 11) is 0. The van der Waals surface area contributed by atoms with Crippen molar-refractivity contribution in [3.63, 3.8) is 0 Å². The molecule has 0 aliphatic rings. The minimum atomic E-state index is -0.530. The van der Waals surface area contributed by atoms with Gasteiger partial charge in [0.2, 0.25) is 0 Å². The lowest BCUT2D eigenvalue weighted by Gasteiger charge is -2.24. The van der Waals surface area contributed by atoms with E-state index < -0.39 is 12.1 Å². The Morgan fingerprint density at radius 3 is 2.29 bits per heavy atom. The van der Waals surface area contributed by atoms with E-state index in [9.17, 15) is 8.78 Å². The van der Waals surface area contributed by atoms with Crippen LogP contribution in [0.2, 0.25) is 0 Å². The summed E-state index contributed by atoms with van der Waals surface area (Å²) in [6, 6.07) is 6.09. The molecule has 78 valence electrons. The van der Waals surface area contributed by atoms with Crippen molar-refractivity contribution in [1.82, 2.24) is 0 Å². The molecule has 0 aromatic heterocycles. The topological polar surface area (TPSA) is 26.0 Å². The molecule has 1 rings (SSSR count). The molecule has 14 heavy (non-hydrogen) atoms. The zero-order valence-corrected chi connectivity index (χ0v) is 8.26. The van der Waals surface area contributed by atoms with Gasteiger partial charge < -0.3 is 5.73 Å². The summed E-state index contributed by atoms with van der Waals surface area (Å²) in [6.07, 6.45) is 0.542. The molecule has 0 aliphatic heterocycles. The van der Waals surface area contributed by atoms with Crippen LogP contribution in [0.15, 0.2) is 24.3 Å². The minimum Gasteiger partial charge on any atom is -0.330 e. The Hall–Kier alpha value is -0.960. The molecule has 2 N–H and O–H groups in total. The Balaban J connectivity index is 2.72. The third-order valence-electron chi connectivity index (χ3n) is 2.36. The first-order valence-corrected chi connectivity index (χ1v) is 4.60. The van der Waals surface area contributed by atoms with Gasteiger partial charge in [-0.25, -0.2) is 4.39 Å². The second kappa shape index (κ2) is 4.51. The average molecular weight is 199 g/mol. The summed E-state index contributed by atoms with van der Waals surface area (Å²) < 4.78 is 25.2. The molecular weight excluding hydrogens is 184 g/mol. The van der Waals surface area contributed by atoms with Crippen LogP contribution < -0.4 is 5.73 Å². The molecule has 0 heterocycles. The summed E-state index contributed by atoms with van der Waals surface area (Å²) in [6.45, 7) is 1.62. The van der Waals surface area contributed by atoms with Crippen molar-refractivity contribution < 1.29 is 8.78 Å². The Bertz CT molecular complexity index is 278. The zero-order chi connectivity index (χ0) is 10.6. The van der Waals surface area contributed by atoms with Gasteiger partial charge >= 0.3 is 0 Å². The fourth-order valence-corrected chi connectivity index (χ4v) is 1.27. The van der Waals surface area contributed by atoms with Crippen LogP contribution in [-0.2, 0) is 6.42 Å². The summed E-state index contributed by atoms with van der Waals surface area (Å²) in [5, 5.41) is 0. The molecule has 0 radical (unpaired) electrons. The Kier molecular flexibility index (Phi) is 3.58. The first kappa shape index (κ1) is 11.1. The maximum Gasteiger partial charge on any atom is 0.123 e. The normalized spacial score (nSPS) is 15.1. The van der Waals surface area contributed by atoms with E-state index in [-0.39, 0.29) is 5.82 Å². The monoisotopic (exact) mass is 199 g/mol. The highest BCUT2D eigenvalue weighted by Gasteiger charge is 2.22. The largest absolute Gasteiger partial charge is 0.330 e. The number of hydrogen-bond donors (Lipinski definition) is 1. The van der Waals surface area contributed by atoms with Gasteiger partial charge in [0.05, 0.1) is 6.67 Å². The summed E-state index contributed by atoms with van der Waals surface area (Å²) >= 11 is 0. The molecule has 1 nitrogen and oxygen atoms in total. The van der Waals surface area contributed by atoms with Crippen LogP contribution in [0.3, 0.4) is 0 Å². The van der Waals surface area contributed by atoms with E-state index in [0.29, 0.717) is 13.0 Å². The number of halogens is 2. The van der Waals surface area contributed by atoms with Crippen LogP contribution in [0.4, 0.5) is 8.78 Å². The van der Waals surface area contributed by atoms with Crippen molar-refractivity contribution in [3.8, 4) is 0 Å². The molecule has 1 atom stereocenters. The second-order valence-corrected chi connectivity index (χ2v) is 3.95. The van der Waals surface area contributed by atoms with Crippen molar-refractivity contribution in [2.45, 2.75) is 13.3 Å². The smallest absolute Gasteiger partial charge is 0.123 e. The molecular formula is C11H15F2N. The van der Waals surface area contributed by atoms with Crippen LogP contribution >= 0.6 is 0 Å². The van der Waals surface area contributed by atoms with Crippen molar-refractivity contribution in [3.05, 3.63) is 35.6 Å². The summed E-state index contributed by atoms with van der Waals surface area (Å²) in [4.78, 5) is 0. The molecule has 0 saturated carbocycles. The van der Waals surface area contributed by atoms with Crippen LogP contribution in [-0.4, -0.2) is 13.2 Å². The number of nitrogens with two attached hydrogens (primary N) is 1. The molecule has 0 amide bonds. The highest BCUT2D eigenvalue weighted by atomic mass is 19.1. The van der Waals surface area contributed by atoms with Gasteiger partial charge in [0.1, 0.15) is 5.82 Å². The van der Waals surface area contributed by atoms with Gasteiger partial charge in [-0.3, -0.25) is 4.39 Å². The highest BCUT2D eigenvalue weighted by molar-refractivity contribution is 5.17. The van der Waals surface area contributed by atoms with E-state index in [1.807, 2.05) is 0 Å². The molecule has 3 heteroatoms. The van der Waals surface area contributed by atoms with E-state index in [4.69, 9.17) is 5.73 Å². The summed E-state index contributed by atoms with van der Waals surface area (Å²) in [5.41, 5.74) is 5.87. The predicted octanol–water partition coefficient (Wildman–Crippen LogP) is 2.30. The molecule has 0 spiro atoms. The van der Waals surface area contributed by atoms with Gasteiger partial charge in [-0.15, -0.1) is 0 Å². The van der Waals surface area contributed by atoms with Crippen LogP contribution in [0.25, 0.3) is 0 Å². The molecule has 1 aromatic carbocycles. The van der Waals surface area contributed by atoms with E-state index in [1.54, 1.807) is 19.1 Å². The number of hydrogen-bond acceptors (Lipinski definition) is 1. The standard InChI is InChI=1S/C11H15F2N/c1-11(7-12,8-14)6-9-2-4-10(13)5-3-9/h2-5H,6-8,14H2,1H3. The average Bonchev–Trinajstić information content (AvgIpc) is 2.21. The number of rotatable bonds is 4. The van der Waals surface area contributed by atoms with Crippen molar-refractivity contribution in [2.24, 2.45) is 11.1 Å². The third kappa shape index (κ3) is 2.77. The summed E-state index contributed by atoms with van der Waals surface area (Å²) in [5.74, 6) is -0.275. The fourth-order valence-electron chi connectivity index (χ4n) is 1.27. The lowest BCUT2D eigenvalue weighted by atomic mass is 9.85. The highest BCUT2D eigenvalue weighted by Crippen LogP contribution is 2.21. The van der Waals surface area contributed by atoms with Crippen molar-refractivity contribution in [1.29, 1.82) is 0 Å². The maximum absolute atomic E-state index is 12.7. The van der Waals surface area contributed by atoms with Crippen molar-refractivity contribution >= 4 is 0 Å². The Morgan fingerprint density at radius 2 is 1.86 bits per heavy atom. The Labute approximate surface area is 82.9 Å². The molecule has 0 saturated heterocycles. The van der Waals surface area contributed by atoms with Crippen LogP contribution in [0.1, 0.15) is 12.5 Å². The lowest BCUT2D eigenvalue weighted by Crippen LogP contribution is -2.31. The zero-order valence-electron chi connectivity index (χ0n) is 8.26. The number of alkyl halides is 1. The molecule has 1 unspecified atom stereocenters. The van der Waals surface area contributed by atoms with E-state index in [1.165, 1.54) is 12.1 Å². The lowest BCUT2D eigenvalue weighted by molar-refractivity contribution is 0.238. The predicted molar refractivity (Wildman–Crippen MR) is 53.2 cm³/mol. The maximum atomic E-state index is 12.7. The van der Waals surface area contributed by atoms with Crippen molar-refractivity contribution in [2.75, 3.05) is 13.2 Å². The first-order valence-electron chi connectivity index (χ1n) is 4.60. The fraction of sp³-hybridized carbons (Fsp3) is 0.455. The van der Waals surface area contributed by atoms with E-state index in [0.717, 1.165) is 5.56 Å². The molecule has 0 bridgehead atoms. The van der Waals surface area contributed by atoms with Gasteiger partial charge in [0.15, 0.2) is 0 Å². The Morgan fingerprint density at radius 1 is 1.29 bits per heavy atom. The second-order valence-electron chi connectivity index (χ2n) is 3.95. The van der Waals surface area contributed by atoms with E-state index >= 15 is 0 Å². The van der Waals surface area contributed by atoms with Gasteiger partial charge in [-0.2, -0.15) is 0 Å². The van der Waals surface area contributed by atoms with Crippen LogP contribution in [0.5, 0.6) is 0 Å². The minimum absolute atomic E-state index is 0.275. The molecule has 0 fully saturated rings. The third-order valence-corrected chi connectivity index (χ3v) is 2.36. The van der Waals surface area contributed by atoms with Gasteiger partial charge in [-0.05, 0) is 24.1 Å². The van der Waals surface area contributed by atoms with Gasteiger partial charge in [-0.1, -0.05) is 19.1 Å². The van der Waals surface area contributed by atoms with Gasteiger partial charge in [0, 0.05) is 12.0 Å². The number of benzene rings is 1. The van der Waals surface area contributed by atoms with Gasteiger partial charge in [0.25, 0.3) is 0 Å². The SMILES string of the molecule is CC(CN)(CF)Cc1ccc(F)cc1. The van der Waals surface area contributed by atoms with Crippen LogP contribution in [0, 0.1) is 11.2 Å². The van der Waals surface area contributed by atoms with E-state index in [2.05, 4.69) is 0 Å². The first-order chi connectivity index (χ1) is 6.59. The molecule has 0 aliphatic carbocycles. The quantitative estimate of drug-likeness (QED) is 0.791. The molecule has 1 aromatic rings.